The van der Waals surface area contributed by atoms with Crippen molar-refractivity contribution < 1.29 is 9.53 Å². The summed E-state index contributed by atoms with van der Waals surface area (Å²) in [6.07, 6.45) is 2.01. The van der Waals surface area contributed by atoms with Crippen molar-refractivity contribution in [1.82, 2.24) is 19.7 Å². The average Bonchev–Trinajstić information content (AvgIpc) is 3.39. The van der Waals surface area contributed by atoms with Crippen LogP contribution < -0.4 is 10.6 Å². The number of nitrogens with zero attached hydrogens (tertiary/aromatic N) is 4. The molecule has 2 aromatic rings. The van der Waals surface area contributed by atoms with Crippen LogP contribution in [-0.4, -0.2) is 69.7 Å². The lowest BCUT2D eigenvalue weighted by atomic mass is 10.2. The summed E-state index contributed by atoms with van der Waals surface area (Å²) in [4.78, 5) is 29.3. The predicted molar refractivity (Wildman–Crippen MR) is 112 cm³/mol. The smallest absolute Gasteiger partial charge is 0.344 e. The number of hydrogen-bond acceptors (Lipinski definition) is 6. The molecule has 2 aliphatic heterocycles. The third-order valence-electron chi connectivity index (χ3n) is 5.48. The molecule has 156 valence electrons. The quantitative estimate of drug-likeness (QED) is 0.719. The summed E-state index contributed by atoms with van der Waals surface area (Å²) in [7, 11) is 0. The maximum absolute atomic E-state index is 12.9. The number of ether oxygens (including phenoxy) is 1. The summed E-state index contributed by atoms with van der Waals surface area (Å²) >= 11 is 1.33. The predicted octanol–water partition coefficient (Wildman–Crippen LogP) is 1.58. The Balaban J connectivity index is 1.34. The molecule has 2 saturated heterocycles. The second-order valence-corrected chi connectivity index (χ2v) is 8.77. The molecular formula is C20H27N5O3S. The van der Waals surface area contributed by atoms with Gasteiger partial charge in [0, 0.05) is 38.5 Å². The molecule has 0 spiro atoms. The van der Waals surface area contributed by atoms with E-state index >= 15 is 0 Å². The first-order valence-electron chi connectivity index (χ1n) is 10.1. The lowest BCUT2D eigenvalue weighted by Gasteiger charge is -2.37. The SMILES string of the molecule is C[C@@H](Sc1n[nH]c(=O)n1C[C@@H]1CCCO1)C(=O)N1CCN(c2ccccc2)CC1. The van der Waals surface area contributed by atoms with Gasteiger partial charge in [-0.1, -0.05) is 30.0 Å². The third-order valence-corrected chi connectivity index (χ3v) is 6.55. The van der Waals surface area contributed by atoms with Gasteiger partial charge in [-0.3, -0.25) is 9.36 Å². The molecule has 0 saturated carbocycles. The summed E-state index contributed by atoms with van der Waals surface area (Å²) in [6, 6.07) is 10.3. The zero-order chi connectivity index (χ0) is 20.2. The van der Waals surface area contributed by atoms with Crippen LogP contribution in [0.2, 0.25) is 0 Å². The standard InChI is InChI=1S/C20H27N5O3S/c1-15(29-20-22-21-19(27)25(20)14-17-8-5-13-28-17)18(26)24-11-9-23(10-12-24)16-6-3-2-4-7-16/h2-4,6-7,15,17H,5,8-14H2,1H3,(H,21,27)/t15-,17+/m1/s1. The van der Waals surface area contributed by atoms with E-state index in [1.54, 1.807) is 4.57 Å². The Labute approximate surface area is 174 Å². The van der Waals surface area contributed by atoms with Crippen molar-refractivity contribution >= 4 is 23.4 Å². The molecule has 2 atom stereocenters. The number of thioether (sulfide) groups is 1. The molecule has 0 bridgehead atoms. The number of carbonyl (C=O) groups is 1. The Hall–Kier alpha value is -2.26. The summed E-state index contributed by atoms with van der Waals surface area (Å²) < 4.78 is 7.23. The molecule has 0 unspecified atom stereocenters. The average molecular weight is 418 g/mol. The van der Waals surface area contributed by atoms with Crippen LogP contribution in [0, 0.1) is 0 Å². The van der Waals surface area contributed by atoms with Gasteiger partial charge >= 0.3 is 5.69 Å². The largest absolute Gasteiger partial charge is 0.376 e. The lowest BCUT2D eigenvalue weighted by Crippen LogP contribution is -2.50. The number of anilines is 1. The highest BCUT2D eigenvalue weighted by Crippen LogP contribution is 2.24. The molecule has 9 heteroatoms. The van der Waals surface area contributed by atoms with Crippen LogP contribution in [0.5, 0.6) is 0 Å². The van der Waals surface area contributed by atoms with Gasteiger partial charge in [-0.25, -0.2) is 9.89 Å². The maximum atomic E-state index is 12.9. The second kappa shape index (κ2) is 9.04. The number of nitrogens with one attached hydrogen (secondary N) is 1. The Morgan fingerprint density at radius 3 is 2.72 bits per heavy atom. The molecule has 1 aromatic carbocycles. The molecule has 0 radical (unpaired) electrons. The number of amides is 1. The highest BCUT2D eigenvalue weighted by Gasteiger charge is 2.28. The Kier molecular flexibility index (Phi) is 6.25. The number of para-hydroxylation sites is 1. The van der Waals surface area contributed by atoms with Crippen molar-refractivity contribution in [3.05, 3.63) is 40.8 Å². The summed E-state index contributed by atoms with van der Waals surface area (Å²) in [5.41, 5.74) is 0.941. The number of rotatable bonds is 6. The zero-order valence-electron chi connectivity index (χ0n) is 16.6. The molecule has 2 fully saturated rings. The van der Waals surface area contributed by atoms with Crippen LogP contribution in [0.25, 0.3) is 0 Å². The number of carbonyl (C=O) groups excluding carboxylic acids is 1. The van der Waals surface area contributed by atoms with E-state index in [9.17, 15) is 9.59 Å². The van der Waals surface area contributed by atoms with Gasteiger partial charge < -0.3 is 14.5 Å². The summed E-state index contributed by atoms with van der Waals surface area (Å²) in [5.74, 6) is 0.0850. The fraction of sp³-hybridized carbons (Fsp3) is 0.550. The molecule has 2 aliphatic rings. The van der Waals surface area contributed by atoms with Gasteiger partial charge in [-0.05, 0) is 31.9 Å². The van der Waals surface area contributed by atoms with Gasteiger partial charge in [-0.2, -0.15) is 0 Å². The normalized spacial score (nSPS) is 20.8. The fourth-order valence-electron chi connectivity index (χ4n) is 3.84. The first-order chi connectivity index (χ1) is 14.1. The first kappa shape index (κ1) is 20.0. The van der Waals surface area contributed by atoms with E-state index in [1.165, 1.54) is 17.4 Å². The number of hydrogen-bond donors (Lipinski definition) is 1. The van der Waals surface area contributed by atoms with E-state index < -0.39 is 0 Å². The van der Waals surface area contributed by atoms with Crippen LogP contribution in [0.3, 0.4) is 0 Å². The van der Waals surface area contributed by atoms with E-state index in [1.807, 2.05) is 30.0 Å². The van der Waals surface area contributed by atoms with Crippen LogP contribution in [0.4, 0.5) is 5.69 Å². The van der Waals surface area contributed by atoms with Crippen molar-refractivity contribution in [3.63, 3.8) is 0 Å². The fourth-order valence-corrected chi connectivity index (χ4v) is 4.78. The Morgan fingerprint density at radius 2 is 2.03 bits per heavy atom. The van der Waals surface area contributed by atoms with Crippen LogP contribution >= 0.6 is 11.8 Å². The first-order valence-corrected chi connectivity index (χ1v) is 11.0. The molecule has 1 aromatic heterocycles. The number of H-pyrrole nitrogens is 1. The van der Waals surface area contributed by atoms with Gasteiger partial charge in [0.2, 0.25) is 5.91 Å². The third kappa shape index (κ3) is 4.67. The molecule has 29 heavy (non-hydrogen) atoms. The molecule has 0 aliphatic carbocycles. The van der Waals surface area contributed by atoms with E-state index in [2.05, 4.69) is 27.2 Å². The van der Waals surface area contributed by atoms with Gasteiger partial charge in [0.1, 0.15) is 0 Å². The Bertz CT molecular complexity index is 870. The van der Waals surface area contributed by atoms with Gasteiger partial charge in [0.25, 0.3) is 0 Å². The van der Waals surface area contributed by atoms with Crippen LogP contribution in [-0.2, 0) is 16.1 Å². The van der Waals surface area contributed by atoms with E-state index in [0.717, 1.165) is 32.5 Å². The zero-order valence-corrected chi connectivity index (χ0v) is 17.4. The van der Waals surface area contributed by atoms with Crippen molar-refractivity contribution in [3.8, 4) is 0 Å². The number of piperazine rings is 1. The van der Waals surface area contributed by atoms with Crippen LogP contribution in [0.1, 0.15) is 19.8 Å². The summed E-state index contributed by atoms with van der Waals surface area (Å²) in [5, 5.41) is 6.88. The maximum Gasteiger partial charge on any atom is 0.344 e. The Morgan fingerprint density at radius 1 is 1.28 bits per heavy atom. The van der Waals surface area contributed by atoms with Gasteiger partial charge in [0.15, 0.2) is 5.16 Å². The number of aromatic nitrogens is 3. The van der Waals surface area contributed by atoms with E-state index in [-0.39, 0.29) is 23.0 Å². The van der Waals surface area contributed by atoms with E-state index in [0.29, 0.717) is 24.8 Å². The highest BCUT2D eigenvalue weighted by molar-refractivity contribution is 8.00. The van der Waals surface area contributed by atoms with Crippen molar-refractivity contribution in [2.75, 3.05) is 37.7 Å². The molecule has 4 rings (SSSR count). The topological polar surface area (TPSA) is 83.5 Å². The minimum absolute atomic E-state index is 0.0433. The van der Waals surface area contributed by atoms with Crippen molar-refractivity contribution in [1.29, 1.82) is 0 Å². The van der Waals surface area contributed by atoms with Crippen LogP contribution in [0.15, 0.2) is 40.3 Å². The minimum Gasteiger partial charge on any atom is -0.376 e. The molecule has 8 nitrogen and oxygen atoms in total. The van der Waals surface area contributed by atoms with Crippen molar-refractivity contribution in [2.24, 2.45) is 0 Å². The lowest BCUT2D eigenvalue weighted by molar-refractivity contribution is -0.130. The summed E-state index contributed by atoms with van der Waals surface area (Å²) in [6.45, 7) is 6.13. The highest BCUT2D eigenvalue weighted by atomic mass is 32.2. The number of aromatic amines is 1. The van der Waals surface area contributed by atoms with E-state index in [4.69, 9.17) is 4.74 Å². The van der Waals surface area contributed by atoms with Crippen molar-refractivity contribution in [2.45, 2.75) is 42.8 Å². The second-order valence-electron chi connectivity index (χ2n) is 7.46. The molecule has 3 heterocycles. The number of benzene rings is 1. The minimum atomic E-state index is -0.309. The molecular weight excluding hydrogens is 390 g/mol. The molecule has 1 N–H and O–H groups in total. The molecule has 1 amide bonds. The van der Waals surface area contributed by atoms with Gasteiger partial charge in [0.05, 0.1) is 17.9 Å². The van der Waals surface area contributed by atoms with Gasteiger partial charge in [-0.15, -0.1) is 5.10 Å². The monoisotopic (exact) mass is 417 g/mol.